The van der Waals surface area contributed by atoms with Gasteiger partial charge in [0.2, 0.25) is 0 Å². The summed E-state index contributed by atoms with van der Waals surface area (Å²) in [5.74, 6) is 0. The van der Waals surface area contributed by atoms with E-state index in [9.17, 15) is 0 Å². The lowest BCUT2D eigenvalue weighted by Crippen LogP contribution is -2.16. The van der Waals surface area contributed by atoms with Gasteiger partial charge in [0.15, 0.2) is 0 Å². The van der Waals surface area contributed by atoms with Crippen molar-refractivity contribution in [3.05, 3.63) is 64.6 Å². The molecule has 0 saturated carbocycles. The van der Waals surface area contributed by atoms with Gasteiger partial charge in [-0.15, -0.1) is 0 Å². The normalized spacial score (nSPS) is 10.9. The number of thiophene rings is 1. The molecule has 96 valence electrons. The van der Waals surface area contributed by atoms with Crippen molar-refractivity contribution in [1.82, 2.24) is 10.3 Å². The van der Waals surface area contributed by atoms with E-state index in [2.05, 4.69) is 51.4 Å². The van der Waals surface area contributed by atoms with Gasteiger partial charge >= 0.3 is 0 Å². The molecular weight excluding hydrogens is 252 g/mol. The van der Waals surface area contributed by atoms with Gasteiger partial charge in [0.25, 0.3) is 0 Å². The number of benzene rings is 1. The molecular formula is C16H16N2S. The summed E-state index contributed by atoms with van der Waals surface area (Å²) >= 11 is 1.76. The van der Waals surface area contributed by atoms with Gasteiger partial charge in [-0.25, -0.2) is 0 Å². The van der Waals surface area contributed by atoms with Gasteiger partial charge in [-0.05, 0) is 58.4 Å². The van der Waals surface area contributed by atoms with Crippen LogP contribution in [0.25, 0.3) is 10.8 Å². The number of fused-ring (bicyclic) bond motifs is 1. The summed E-state index contributed by atoms with van der Waals surface area (Å²) in [4.78, 5) is 4.13. The molecule has 3 rings (SSSR count). The minimum absolute atomic E-state index is 0.919. The first-order valence-corrected chi connectivity index (χ1v) is 7.40. The number of nitrogens with zero attached hydrogens (tertiary/aromatic N) is 1. The lowest BCUT2D eigenvalue weighted by atomic mass is 10.1. The molecule has 19 heavy (non-hydrogen) atoms. The number of pyridine rings is 1. The Labute approximate surface area is 117 Å². The van der Waals surface area contributed by atoms with Crippen molar-refractivity contribution in [2.24, 2.45) is 0 Å². The van der Waals surface area contributed by atoms with Gasteiger partial charge in [-0.3, -0.25) is 4.98 Å². The van der Waals surface area contributed by atoms with E-state index in [0.717, 1.165) is 19.5 Å². The first kappa shape index (κ1) is 12.3. The smallest absolute Gasteiger partial charge is 0.0346 e. The van der Waals surface area contributed by atoms with E-state index in [-0.39, 0.29) is 0 Å². The molecule has 3 aromatic rings. The Morgan fingerprint density at radius 2 is 2.05 bits per heavy atom. The molecule has 1 N–H and O–H groups in total. The molecule has 1 aromatic carbocycles. The third-order valence-electron chi connectivity index (χ3n) is 3.20. The number of hydrogen-bond donors (Lipinski definition) is 1. The Hall–Kier alpha value is -1.71. The zero-order valence-corrected chi connectivity index (χ0v) is 11.5. The molecule has 3 heteroatoms. The summed E-state index contributed by atoms with van der Waals surface area (Å²) < 4.78 is 0. The van der Waals surface area contributed by atoms with Crippen LogP contribution in [0.4, 0.5) is 0 Å². The third-order valence-corrected chi connectivity index (χ3v) is 3.94. The van der Waals surface area contributed by atoms with Crippen LogP contribution < -0.4 is 5.32 Å². The number of nitrogens with one attached hydrogen (secondary N) is 1. The van der Waals surface area contributed by atoms with Crippen LogP contribution in [0.5, 0.6) is 0 Å². The quantitative estimate of drug-likeness (QED) is 0.715. The highest BCUT2D eigenvalue weighted by atomic mass is 32.1. The first-order chi connectivity index (χ1) is 9.42. The Morgan fingerprint density at radius 1 is 1.05 bits per heavy atom. The summed E-state index contributed by atoms with van der Waals surface area (Å²) in [7, 11) is 0. The van der Waals surface area contributed by atoms with Gasteiger partial charge < -0.3 is 5.32 Å². The number of hydrogen-bond acceptors (Lipinski definition) is 3. The molecule has 0 unspecified atom stereocenters. The molecule has 0 aliphatic carbocycles. The number of rotatable bonds is 5. The van der Waals surface area contributed by atoms with Crippen molar-refractivity contribution in [3.63, 3.8) is 0 Å². The molecule has 0 atom stereocenters. The standard InChI is InChI=1S/C16H16N2S/c1-2-16-11-18-7-4-15(16)9-14(1)10-17-6-3-13-5-8-19-12-13/h1-2,4-5,7-9,11-12,17H,3,6,10H2. The second-order valence-corrected chi connectivity index (χ2v) is 5.40. The summed E-state index contributed by atoms with van der Waals surface area (Å²) in [5.41, 5.74) is 2.74. The van der Waals surface area contributed by atoms with Crippen molar-refractivity contribution in [2.45, 2.75) is 13.0 Å². The van der Waals surface area contributed by atoms with Crippen molar-refractivity contribution in [1.29, 1.82) is 0 Å². The highest BCUT2D eigenvalue weighted by Gasteiger charge is 1.97. The monoisotopic (exact) mass is 268 g/mol. The van der Waals surface area contributed by atoms with E-state index < -0.39 is 0 Å². The maximum Gasteiger partial charge on any atom is 0.0346 e. The van der Waals surface area contributed by atoms with E-state index in [1.807, 2.05) is 12.4 Å². The second-order valence-electron chi connectivity index (χ2n) is 4.62. The third kappa shape index (κ3) is 3.19. The fourth-order valence-corrected chi connectivity index (χ4v) is 2.85. The van der Waals surface area contributed by atoms with Gasteiger partial charge in [0.1, 0.15) is 0 Å². The van der Waals surface area contributed by atoms with Crippen molar-refractivity contribution < 1.29 is 0 Å². The van der Waals surface area contributed by atoms with Crippen LogP contribution in [-0.4, -0.2) is 11.5 Å². The van der Waals surface area contributed by atoms with Gasteiger partial charge in [0.05, 0.1) is 0 Å². The molecule has 0 aliphatic rings. The Bertz CT molecular complexity index is 647. The van der Waals surface area contributed by atoms with Crippen LogP contribution >= 0.6 is 11.3 Å². The van der Waals surface area contributed by atoms with Crippen molar-refractivity contribution in [3.8, 4) is 0 Å². The second kappa shape index (κ2) is 5.95. The maximum absolute atomic E-state index is 4.13. The summed E-state index contributed by atoms with van der Waals surface area (Å²) in [6.07, 6.45) is 4.85. The predicted octanol–water partition coefficient (Wildman–Crippen LogP) is 3.63. The number of aromatic nitrogens is 1. The topological polar surface area (TPSA) is 24.9 Å². The molecule has 0 saturated heterocycles. The molecule has 0 fully saturated rings. The molecule has 0 radical (unpaired) electrons. The highest BCUT2D eigenvalue weighted by molar-refractivity contribution is 7.07. The summed E-state index contributed by atoms with van der Waals surface area (Å²) in [6.45, 7) is 1.94. The van der Waals surface area contributed by atoms with Crippen LogP contribution in [0, 0.1) is 0 Å². The lowest BCUT2D eigenvalue weighted by molar-refractivity contribution is 0.688. The van der Waals surface area contributed by atoms with E-state index in [4.69, 9.17) is 0 Å². The fourth-order valence-electron chi connectivity index (χ4n) is 2.14. The van der Waals surface area contributed by atoms with Crippen molar-refractivity contribution in [2.75, 3.05) is 6.54 Å². The highest BCUT2D eigenvalue weighted by Crippen LogP contribution is 2.14. The predicted molar refractivity (Wildman–Crippen MR) is 81.5 cm³/mol. The van der Waals surface area contributed by atoms with Gasteiger partial charge in [0, 0.05) is 24.3 Å². The summed E-state index contributed by atoms with van der Waals surface area (Å²) in [6, 6.07) is 10.8. The molecule has 0 aliphatic heterocycles. The van der Waals surface area contributed by atoms with Gasteiger partial charge in [-0.1, -0.05) is 12.1 Å². The van der Waals surface area contributed by atoms with Gasteiger partial charge in [-0.2, -0.15) is 11.3 Å². The van der Waals surface area contributed by atoms with Crippen LogP contribution in [0.3, 0.4) is 0 Å². The van der Waals surface area contributed by atoms with Crippen LogP contribution in [0.2, 0.25) is 0 Å². The largest absolute Gasteiger partial charge is 0.312 e. The minimum Gasteiger partial charge on any atom is -0.312 e. The molecule has 0 amide bonds. The van der Waals surface area contributed by atoms with Crippen LogP contribution in [0.15, 0.2) is 53.5 Å². The Balaban J connectivity index is 1.56. The zero-order chi connectivity index (χ0) is 12.9. The van der Waals surface area contributed by atoms with E-state index in [0.29, 0.717) is 0 Å². The van der Waals surface area contributed by atoms with Crippen molar-refractivity contribution >= 4 is 22.1 Å². The molecule has 0 spiro atoms. The SMILES string of the molecule is c1cc2cc(CNCCc3ccsc3)ccc2cn1. The average molecular weight is 268 g/mol. The Morgan fingerprint density at radius 3 is 2.95 bits per heavy atom. The molecule has 0 bridgehead atoms. The zero-order valence-electron chi connectivity index (χ0n) is 10.7. The van der Waals surface area contributed by atoms with E-state index in [1.165, 1.54) is 21.9 Å². The average Bonchev–Trinajstić information content (AvgIpc) is 2.97. The van der Waals surface area contributed by atoms with E-state index >= 15 is 0 Å². The first-order valence-electron chi connectivity index (χ1n) is 6.46. The van der Waals surface area contributed by atoms with Crippen LogP contribution in [-0.2, 0) is 13.0 Å². The molecule has 2 heterocycles. The minimum atomic E-state index is 0.919. The molecule has 2 nitrogen and oxygen atoms in total. The summed E-state index contributed by atoms with van der Waals surface area (Å²) in [5, 5.41) is 10.3. The molecule has 2 aromatic heterocycles. The van der Waals surface area contributed by atoms with Crippen LogP contribution in [0.1, 0.15) is 11.1 Å². The Kier molecular flexibility index (Phi) is 3.86. The lowest BCUT2D eigenvalue weighted by Gasteiger charge is -2.05. The van der Waals surface area contributed by atoms with E-state index in [1.54, 1.807) is 11.3 Å². The maximum atomic E-state index is 4.13. The fraction of sp³-hybridized carbons (Fsp3) is 0.188.